The van der Waals surface area contributed by atoms with Crippen LogP contribution in [0.3, 0.4) is 0 Å². The Morgan fingerprint density at radius 1 is 0.852 bits per heavy atom. The van der Waals surface area contributed by atoms with Gasteiger partial charge in [0.05, 0.1) is 33.5 Å². The molecule has 2 aromatic rings. The fourth-order valence-electron chi connectivity index (χ4n) is 2.84. The van der Waals surface area contributed by atoms with Crippen molar-refractivity contribution in [3.8, 4) is 0 Å². The number of rotatable bonds is 4. The Morgan fingerprint density at radius 2 is 1.37 bits per heavy atom. The minimum atomic E-state index is -1.39. The SMILES string of the molecule is CC(C)(O)c1ccc2c(c1)C(=O)N(c1cc(C(=O)O)cc(C(=O)O)c1)C2=O. The van der Waals surface area contributed by atoms with E-state index in [-0.39, 0.29) is 27.9 Å². The van der Waals surface area contributed by atoms with Crippen molar-refractivity contribution < 1.29 is 34.5 Å². The van der Waals surface area contributed by atoms with Crippen LogP contribution in [0.15, 0.2) is 36.4 Å². The second-order valence-electron chi connectivity index (χ2n) is 6.64. The summed E-state index contributed by atoms with van der Waals surface area (Å²) < 4.78 is 0. The Balaban J connectivity index is 2.14. The van der Waals surface area contributed by atoms with Gasteiger partial charge in [-0.25, -0.2) is 14.5 Å². The molecule has 3 rings (SSSR count). The van der Waals surface area contributed by atoms with Gasteiger partial charge < -0.3 is 15.3 Å². The minimum absolute atomic E-state index is 0.0530. The van der Waals surface area contributed by atoms with Gasteiger partial charge in [-0.15, -0.1) is 0 Å². The number of imide groups is 1. The molecular weight excluding hydrogens is 354 g/mol. The van der Waals surface area contributed by atoms with Crippen molar-refractivity contribution in [1.29, 1.82) is 0 Å². The van der Waals surface area contributed by atoms with Crippen molar-refractivity contribution in [2.45, 2.75) is 19.4 Å². The number of hydrogen-bond acceptors (Lipinski definition) is 5. The smallest absolute Gasteiger partial charge is 0.335 e. The number of amides is 2. The van der Waals surface area contributed by atoms with Gasteiger partial charge in [0.15, 0.2) is 0 Å². The third kappa shape index (κ3) is 3.06. The molecule has 27 heavy (non-hydrogen) atoms. The highest BCUT2D eigenvalue weighted by atomic mass is 16.4. The topological polar surface area (TPSA) is 132 Å². The summed E-state index contributed by atoms with van der Waals surface area (Å²) in [5.74, 6) is -4.20. The van der Waals surface area contributed by atoms with Crippen LogP contribution in [0, 0.1) is 0 Å². The number of carbonyl (C=O) groups is 4. The van der Waals surface area contributed by atoms with Gasteiger partial charge in [0.1, 0.15) is 0 Å². The minimum Gasteiger partial charge on any atom is -0.478 e. The van der Waals surface area contributed by atoms with Crippen molar-refractivity contribution >= 4 is 29.4 Å². The number of anilines is 1. The van der Waals surface area contributed by atoms with E-state index in [1.54, 1.807) is 0 Å². The molecule has 0 bridgehead atoms. The molecule has 1 aliphatic heterocycles. The highest BCUT2D eigenvalue weighted by Gasteiger charge is 2.38. The van der Waals surface area contributed by atoms with Gasteiger partial charge in [-0.1, -0.05) is 6.07 Å². The lowest BCUT2D eigenvalue weighted by molar-refractivity contribution is 0.0694. The Bertz CT molecular complexity index is 985. The third-order valence-electron chi connectivity index (χ3n) is 4.26. The number of aromatic carboxylic acids is 2. The maximum Gasteiger partial charge on any atom is 0.335 e. The van der Waals surface area contributed by atoms with E-state index >= 15 is 0 Å². The quantitative estimate of drug-likeness (QED) is 0.703. The number of benzene rings is 2. The summed E-state index contributed by atoms with van der Waals surface area (Å²) in [6.45, 7) is 3.06. The van der Waals surface area contributed by atoms with E-state index in [4.69, 9.17) is 0 Å². The number of nitrogens with zero attached hydrogens (tertiary/aromatic N) is 1. The van der Waals surface area contributed by atoms with E-state index in [0.29, 0.717) is 5.56 Å². The third-order valence-corrected chi connectivity index (χ3v) is 4.26. The molecule has 0 aliphatic carbocycles. The number of carbonyl (C=O) groups excluding carboxylic acids is 2. The van der Waals surface area contributed by atoms with E-state index in [1.165, 1.54) is 32.0 Å². The van der Waals surface area contributed by atoms with Crippen LogP contribution in [-0.2, 0) is 5.60 Å². The van der Waals surface area contributed by atoms with Crippen LogP contribution in [0.2, 0.25) is 0 Å². The predicted octanol–water partition coefficient (Wildman–Crippen LogP) is 2.11. The zero-order valence-corrected chi connectivity index (χ0v) is 14.4. The molecule has 0 spiro atoms. The Kier molecular flexibility index (Phi) is 4.08. The first-order valence-electron chi connectivity index (χ1n) is 7.88. The predicted molar refractivity (Wildman–Crippen MR) is 93.2 cm³/mol. The van der Waals surface area contributed by atoms with Crippen molar-refractivity contribution in [3.05, 3.63) is 64.2 Å². The van der Waals surface area contributed by atoms with Crippen LogP contribution in [0.4, 0.5) is 5.69 Å². The maximum atomic E-state index is 12.8. The van der Waals surface area contributed by atoms with Gasteiger partial charge >= 0.3 is 11.9 Å². The molecule has 0 saturated heterocycles. The number of carboxylic acid groups (broad SMARTS) is 2. The fraction of sp³-hybridized carbons (Fsp3) is 0.158. The van der Waals surface area contributed by atoms with Gasteiger partial charge in [0.25, 0.3) is 11.8 Å². The summed E-state index contributed by atoms with van der Waals surface area (Å²) in [4.78, 5) is 48.7. The Morgan fingerprint density at radius 3 is 1.85 bits per heavy atom. The van der Waals surface area contributed by atoms with E-state index in [0.717, 1.165) is 23.1 Å². The molecule has 2 aromatic carbocycles. The maximum absolute atomic E-state index is 12.8. The summed E-state index contributed by atoms with van der Waals surface area (Å²) in [6.07, 6.45) is 0. The average molecular weight is 369 g/mol. The largest absolute Gasteiger partial charge is 0.478 e. The number of fused-ring (bicyclic) bond motifs is 1. The van der Waals surface area contributed by atoms with Gasteiger partial charge in [0, 0.05) is 0 Å². The molecule has 8 nitrogen and oxygen atoms in total. The highest BCUT2D eigenvalue weighted by Crippen LogP contribution is 2.32. The summed E-state index contributed by atoms with van der Waals surface area (Å²) in [5.41, 5.74) is -1.54. The van der Waals surface area contributed by atoms with Crippen molar-refractivity contribution in [3.63, 3.8) is 0 Å². The number of hydrogen-bond donors (Lipinski definition) is 3. The molecule has 1 heterocycles. The normalized spacial score (nSPS) is 13.7. The van der Waals surface area contributed by atoms with Crippen LogP contribution >= 0.6 is 0 Å². The van der Waals surface area contributed by atoms with Crippen LogP contribution < -0.4 is 4.90 Å². The van der Waals surface area contributed by atoms with Gasteiger partial charge in [0.2, 0.25) is 0 Å². The van der Waals surface area contributed by atoms with Crippen LogP contribution in [-0.4, -0.2) is 39.1 Å². The molecule has 0 saturated carbocycles. The highest BCUT2D eigenvalue weighted by molar-refractivity contribution is 6.34. The summed E-state index contributed by atoms with van der Waals surface area (Å²) in [6, 6.07) is 7.39. The van der Waals surface area contributed by atoms with E-state index in [9.17, 15) is 34.5 Å². The standard InChI is InChI=1S/C19H15NO7/c1-19(2,27)11-3-4-13-14(8-11)16(22)20(15(13)21)12-6-9(17(23)24)5-10(7-12)18(25)26/h3-8,27H,1-2H3,(H,23,24)(H,25,26). The van der Waals surface area contributed by atoms with Crippen molar-refractivity contribution in [1.82, 2.24) is 0 Å². The molecule has 3 N–H and O–H groups in total. The second-order valence-corrected chi connectivity index (χ2v) is 6.64. The van der Waals surface area contributed by atoms with Crippen LogP contribution in [0.5, 0.6) is 0 Å². The average Bonchev–Trinajstić information content (AvgIpc) is 2.84. The molecule has 0 fully saturated rings. The lowest BCUT2D eigenvalue weighted by atomic mass is 9.95. The monoisotopic (exact) mass is 369 g/mol. The Labute approximate surface area is 153 Å². The summed E-state index contributed by atoms with van der Waals surface area (Å²) in [5, 5.41) is 28.5. The summed E-state index contributed by atoms with van der Waals surface area (Å²) >= 11 is 0. The molecule has 138 valence electrons. The van der Waals surface area contributed by atoms with Crippen molar-refractivity contribution in [2.75, 3.05) is 4.90 Å². The van der Waals surface area contributed by atoms with Gasteiger partial charge in [-0.2, -0.15) is 0 Å². The molecule has 0 aromatic heterocycles. The molecule has 2 amide bonds. The number of aliphatic hydroxyl groups is 1. The van der Waals surface area contributed by atoms with Crippen LogP contribution in [0.25, 0.3) is 0 Å². The lowest BCUT2D eigenvalue weighted by Crippen LogP contribution is -2.29. The first-order valence-corrected chi connectivity index (χ1v) is 7.88. The van der Waals surface area contributed by atoms with E-state index in [2.05, 4.69) is 0 Å². The van der Waals surface area contributed by atoms with Crippen LogP contribution in [0.1, 0.15) is 60.8 Å². The summed E-state index contributed by atoms with van der Waals surface area (Å²) in [7, 11) is 0. The fourth-order valence-corrected chi connectivity index (χ4v) is 2.84. The second kappa shape index (κ2) is 6.03. The molecule has 0 atom stereocenters. The van der Waals surface area contributed by atoms with Gasteiger partial charge in [-0.3, -0.25) is 9.59 Å². The zero-order chi connectivity index (χ0) is 20.1. The van der Waals surface area contributed by atoms with Gasteiger partial charge in [-0.05, 0) is 49.7 Å². The molecule has 0 radical (unpaired) electrons. The molecule has 8 heteroatoms. The molecule has 1 aliphatic rings. The zero-order valence-electron chi connectivity index (χ0n) is 14.4. The van der Waals surface area contributed by atoms with Crippen molar-refractivity contribution in [2.24, 2.45) is 0 Å². The Hall–Kier alpha value is -3.52. The molecular formula is C19H15NO7. The first kappa shape index (κ1) is 18.3. The van der Waals surface area contributed by atoms with E-state index in [1.807, 2.05) is 0 Å². The first-order chi connectivity index (χ1) is 12.5. The lowest BCUT2D eigenvalue weighted by Gasteiger charge is -2.18. The molecule has 0 unspecified atom stereocenters. The number of carboxylic acids is 2. The van der Waals surface area contributed by atoms with E-state index < -0.39 is 29.4 Å².